The number of H-pyrrole nitrogens is 1. The number of nitrogens with zero attached hydrogens (tertiary/aromatic N) is 5. The van der Waals surface area contributed by atoms with Crippen LogP contribution in [0.15, 0.2) is 11.7 Å². The summed E-state index contributed by atoms with van der Waals surface area (Å²) in [6.45, 7) is 4.35. The minimum atomic E-state index is 0.361. The number of hydrogen-bond donors (Lipinski definition) is 1. The van der Waals surface area contributed by atoms with E-state index in [2.05, 4.69) is 36.6 Å². The van der Waals surface area contributed by atoms with Crippen molar-refractivity contribution in [1.82, 2.24) is 29.7 Å². The molecule has 2 aromatic heterocycles. The Kier molecular flexibility index (Phi) is 3.33. The number of piperidine rings is 1. The highest BCUT2D eigenvalue weighted by Gasteiger charge is 2.26. The minimum absolute atomic E-state index is 0.361. The van der Waals surface area contributed by atoms with Crippen molar-refractivity contribution in [2.45, 2.75) is 31.7 Å². The summed E-state index contributed by atoms with van der Waals surface area (Å²) >= 11 is 1.42. The third-order valence-corrected chi connectivity index (χ3v) is 4.23. The Morgan fingerprint density at radius 3 is 2.89 bits per heavy atom. The van der Waals surface area contributed by atoms with Crippen LogP contribution in [0.5, 0.6) is 0 Å². The lowest BCUT2D eigenvalue weighted by molar-refractivity contribution is 0.157. The molecule has 0 saturated carbocycles. The molecule has 1 unspecified atom stereocenters. The molecule has 1 saturated heterocycles. The summed E-state index contributed by atoms with van der Waals surface area (Å²) in [5.41, 5.74) is 1.08. The van der Waals surface area contributed by atoms with Gasteiger partial charge in [-0.05, 0) is 44.4 Å². The topological polar surface area (TPSA) is 70.6 Å². The first-order valence-corrected chi connectivity index (χ1v) is 7.04. The molecule has 1 fully saturated rings. The van der Waals surface area contributed by atoms with E-state index < -0.39 is 0 Å². The van der Waals surface area contributed by atoms with Crippen LogP contribution < -0.4 is 0 Å². The third kappa shape index (κ3) is 2.28. The van der Waals surface area contributed by atoms with E-state index in [0.717, 1.165) is 37.4 Å². The number of aromatic amines is 1. The largest absolute Gasteiger partial charge is 0.295 e. The predicted octanol–water partition coefficient (Wildman–Crippen LogP) is 1.60. The Bertz CT molecular complexity index is 460. The van der Waals surface area contributed by atoms with Crippen LogP contribution in [0, 0.1) is 0 Å². The molecule has 1 aliphatic rings. The molecule has 1 N–H and O–H groups in total. The van der Waals surface area contributed by atoms with Crippen molar-refractivity contribution < 1.29 is 0 Å². The van der Waals surface area contributed by atoms with Gasteiger partial charge >= 0.3 is 0 Å². The first-order valence-electron chi connectivity index (χ1n) is 6.21. The van der Waals surface area contributed by atoms with Gasteiger partial charge in [0.1, 0.15) is 12.2 Å². The van der Waals surface area contributed by atoms with E-state index in [1.54, 1.807) is 6.33 Å². The van der Waals surface area contributed by atoms with Gasteiger partial charge in [0.15, 0.2) is 0 Å². The molecule has 0 bridgehead atoms. The molecular formula is C11H16N6S. The maximum absolute atomic E-state index is 4.25. The van der Waals surface area contributed by atoms with E-state index in [-0.39, 0.29) is 0 Å². The smallest absolute Gasteiger partial charge is 0.137 e. The number of hydrogen-bond acceptors (Lipinski definition) is 6. The monoisotopic (exact) mass is 264 g/mol. The molecule has 7 heteroatoms. The molecule has 3 rings (SSSR count). The Balaban J connectivity index is 1.60. The zero-order valence-electron chi connectivity index (χ0n) is 10.3. The summed E-state index contributed by atoms with van der Waals surface area (Å²) in [6, 6.07) is 0.361. The van der Waals surface area contributed by atoms with E-state index in [9.17, 15) is 0 Å². The fourth-order valence-electron chi connectivity index (χ4n) is 2.51. The van der Waals surface area contributed by atoms with Gasteiger partial charge in [0.25, 0.3) is 0 Å². The van der Waals surface area contributed by atoms with Gasteiger partial charge in [-0.2, -0.15) is 5.10 Å². The fourth-order valence-corrected chi connectivity index (χ4v) is 3.05. The number of rotatable bonds is 3. The average molecular weight is 264 g/mol. The molecule has 1 atom stereocenters. The second kappa shape index (κ2) is 5.11. The van der Waals surface area contributed by atoms with Crippen molar-refractivity contribution in [3.8, 4) is 0 Å². The molecule has 0 spiro atoms. The summed E-state index contributed by atoms with van der Waals surface area (Å²) < 4.78 is 3.94. The Morgan fingerprint density at radius 1 is 1.44 bits per heavy atom. The summed E-state index contributed by atoms with van der Waals surface area (Å²) in [5.74, 6) is 1.54. The zero-order valence-corrected chi connectivity index (χ0v) is 11.1. The normalized spacial score (nSPS) is 20.1. The predicted molar refractivity (Wildman–Crippen MR) is 68.3 cm³/mol. The molecule has 0 radical (unpaired) electrons. The summed E-state index contributed by atoms with van der Waals surface area (Å²) in [7, 11) is 0. The first-order chi connectivity index (χ1) is 8.84. The summed E-state index contributed by atoms with van der Waals surface area (Å²) in [5, 5.41) is 13.1. The highest BCUT2D eigenvalue weighted by molar-refractivity contribution is 7.03. The molecule has 18 heavy (non-hydrogen) atoms. The van der Waals surface area contributed by atoms with Crippen LogP contribution in [-0.4, -0.2) is 42.8 Å². The second-order valence-corrected chi connectivity index (χ2v) is 5.30. The standard InChI is InChI=1S/C11H16N6S/c1-8(10-6-18-16-14-10)17-4-2-9(3-5-17)11-12-7-13-15-11/h6-9H,2-5H2,1H3,(H,12,13,15). The molecule has 3 heterocycles. The molecule has 96 valence electrons. The van der Waals surface area contributed by atoms with Crippen molar-refractivity contribution in [1.29, 1.82) is 0 Å². The van der Waals surface area contributed by atoms with Gasteiger partial charge < -0.3 is 0 Å². The SMILES string of the molecule is CC(c1csnn1)N1CCC(c2ncn[nH]2)CC1. The molecule has 6 nitrogen and oxygen atoms in total. The van der Waals surface area contributed by atoms with Crippen LogP contribution >= 0.6 is 11.5 Å². The Labute approximate surface area is 110 Å². The van der Waals surface area contributed by atoms with E-state index >= 15 is 0 Å². The van der Waals surface area contributed by atoms with Crippen molar-refractivity contribution in [3.05, 3.63) is 23.2 Å². The molecule has 0 aromatic carbocycles. The van der Waals surface area contributed by atoms with Crippen LogP contribution in [0.3, 0.4) is 0 Å². The Morgan fingerprint density at radius 2 is 2.28 bits per heavy atom. The van der Waals surface area contributed by atoms with Crippen LogP contribution in [0.4, 0.5) is 0 Å². The second-order valence-electron chi connectivity index (χ2n) is 4.69. The zero-order chi connectivity index (χ0) is 12.4. The summed E-state index contributed by atoms with van der Waals surface area (Å²) in [4.78, 5) is 6.72. The van der Waals surface area contributed by atoms with E-state index in [0.29, 0.717) is 12.0 Å². The molecule has 1 aliphatic heterocycles. The molecule has 2 aromatic rings. The highest BCUT2D eigenvalue weighted by atomic mass is 32.1. The van der Waals surface area contributed by atoms with Crippen molar-refractivity contribution in [3.63, 3.8) is 0 Å². The van der Waals surface area contributed by atoms with E-state index in [4.69, 9.17) is 0 Å². The van der Waals surface area contributed by atoms with Crippen molar-refractivity contribution in [2.75, 3.05) is 13.1 Å². The van der Waals surface area contributed by atoms with E-state index in [1.807, 2.05) is 5.38 Å². The van der Waals surface area contributed by atoms with Crippen LogP contribution in [0.1, 0.15) is 43.2 Å². The van der Waals surface area contributed by atoms with Crippen molar-refractivity contribution in [2.24, 2.45) is 0 Å². The number of nitrogens with one attached hydrogen (secondary N) is 1. The molecular weight excluding hydrogens is 248 g/mol. The number of aromatic nitrogens is 5. The molecule has 0 aliphatic carbocycles. The van der Waals surface area contributed by atoms with Crippen LogP contribution in [0.2, 0.25) is 0 Å². The lowest BCUT2D eigenvalue weighted by atomic mass is 9.95. The van der Waals surface area contributed by atoms with Crippen LogP contribution in [0.25, 0.3) is 0 Å². The fraction of sp³-hybridized carbons (Fsp3) is 0.636. The lowest BCUT2D eigenvalue weighted by Crippen LogP contribution is -2.35. The Hall–Kier alpha value is -1.34. The summed E-state index contributed by atoms with van der Waals surface area (Å²) in [6.07, 6.45) is 3.83. The van der Waals surface area contributed by atoms with Gasteiger partial charge in [0.05, 0.1) is 11.7 Å². The van der Waals surface area contributed by atoms with E-state index in [1.165, 1.54) is 11.5 Å². The van der Waals surface area contributed by atoms with Crippen LogP contribution in [-0.2, 0) is 0 Å². The maximum atomic E-state index is 4.25. The highest BCUT2D eigenvalue weighted by Crippen LogP contribution is 2.29. The third-order valence-electron chi connectivity index (χ3n) is 3.70. The minimum Gasteiger partial charge on any atom is -0.295 e. The average Bonchev–Trinajstić information content (AvgIpc) is 3.11. The first kappa shape index (κ1) is 11.7. The molecule has 0 amide bonds. The van der Waals surface area contributed by atoms with Gasteiger partial charge in [-0.3, -0.25) is 10.00 Å². The lowest BCUT2D eigenvalue weighted by Gasteiger charge is -2.34. The van der Waals surface area contributed by atoms with Gasteiger partial charge in [-0.15, -0.1) is 5.10 Å². The van der Waals surface area contributed by atoms with Crippen molar-refractivity contribution >= 4 is 11.5 Å². The van der Waals surface area contributed by atoms with Gasteiger partial charge in [0.2, 0.25) is 0 Å². The number of likely N-dealkylation sites (tertiary alicyclic amines) is 1. The van der Waals surface area contributed by atoms with Gasteiger partial charge in [-0.1, -0.05) is 4.49 Å². The quantitative estimate of drug-likeness (QED) is 0.911. The van der Waals surface area contributed by atoms with Gasteiger partial charge in [-0.25, -0.2) is 4.98 Å². The van der Waals surface area contributed by atoms with Gasteiger partial charge in [0, 0.05) is 11.3 Å². The maximum Gasteiger partial charge on any atom is 0.137 e.